The maximum absolute atomic E-state index is 5.39. The minimum Gasteiger partial charge on any atom is -0.381 e. The second kappa shape index (κ2) is 11.0. The largest absolute Gasteiger partial charge is 0.381 e. The molecule has 0 spiro atoms. The van der Waals surface area contributed by atoms with Crippen molar-refractivity contribution in [3.63, 3.8) is 0 Å². The van der Waals surface area contributed by atoms with Gasteiger partial charge in [0, 0.05) is 7.11 Å². The molecule has 86 valence electrons. The number of hydrogen-bond acceptors (Lipinski definition) is 2. The van der Waals surface area contributed by atoms with Gasteiger partial charge in [-0.15, -0.1) is 0 Å². The van der Waals surface area contributed by atoms with Crippen LogP contribution in [0.15, 0.2) is 0 Å². The van der Waals surface area contributed by atoms with Crippen molar-refractivity contribution in [2.24, 2.45) is 0 Å². The number of methoxy groups -OCH3 is 1. The summed E-state index contributed by atoms with van der Waals surface area (Å²) in [6.07, 6.45) is 7.92. The van der Waals surface area contributed by atoms with Crippen LogP contribution in [0.1, 0.15) is 52.4 Å². The molecule has 0 amide bonds. The van der Waals surface area contributed by atoms with Crippen molar-refractivity contribution >= 4 is 0 Å². The van der Waals surface area contributed by atoms with Crippen LogP contribution in [0, 0.1) is 0 Å². The normalized spacial score (nSPS) is 13.1. The number of rotatable bonds is 10. The van der Waals surface area contributed by atoms with E-state index < -0.39 is 0 Å². The quantitative estimate of drug-likeness (QED) is 0.549. The third-order valence-corrected chi connectivity index (χ3v) is 2.53. The Kier molecular flexibility index (Phi) is 10.9. The van der Waals surface area contributed by atoms with E-state index in [1.807, 2.05) is 7.11 Å². The topological polar surface area (TPSA) is 21.3 Å². The van der Waals surface area contributed by atoms with Crippen molar-refractivity contribution in [1.82, 2.24) is 5.32 Å². The Morgan fingerprint density at radius 3 is 2.29 bits per heavy atom. The Morgan fingerprint density at radius 2 is 1.71 bits per heavy atom. The fourth-order valence-corrected chi connectivity index (χ4v) is 1.58. The second-order valence-electron chi connectivity index (χ2n) is 3.89. The van der Waals surface area contributed by atoms with Crippen molar-refractivity contribution in [1.29, 1.82) is 0 Å². The first-order valence-corrected chi connectivity index (χ1v) is 6.08. The van der Waals surface area contributed by atoms with Crippen LogP contribution in [0.2, 0.25) is 0 Å². The maximum atomic E-state index is 5.39. The Hall–Kier alpha value is -0.0800. The van der Waals surface area contributed by atoms with Crippen molar-refractivity contribution in [3.8, 4) is 0 Å². The van der Waals surface area contributed by atoms with Gasteiger partial charge in [-0.1, -0.05) is 26.7 Å². The number of ether oxygens (including phenoxy) is 1. The fraction of sp³-hybridized carbons (Fsp3) is 1.00. The van der Waals surface area contributed by atoms with Gasteiger partial charge in [-0.05, 0) is 38.8 Å². The molecule has 2 heteroatoms. The monoisotopic (exact) mass is 201 g/mol. The van der Waals surface area contributed by atoms with E-state index >= 15 is 0 Å². The summed E-state index contributed by atoms with van der Waals surface area (Å²) >= 11 is 0. The molecule has 2 nitrogen and oxygen atoms in total. The molecule has 14 heavy (non-hydrogen) atoms. The summed E-state index contributed by atoms with van der Waals surface area (Å²) in [5.74, 6) is 0. The molecule has 0 aromatic heterocycles. The Balaban J connectivity index is 3.15. The van der Waals surface area contributed by atoms with Gasteiger partial charge >= 0.3 is 0 Å². The van der Waals surface area contributed by atoms with Gasteiger partial charge in [0.25, 0.3) is 0 Å². The fourth-order valence-electron chi connectivity index (χ4n) is 1.58. The Labute approximate surface area is 89.4 Å². The van der Waals surface area contributed by atoms with Gasteiger partial charge in [0.15, 0.2) is 0 Å². The molecule has 0 aliphatic rings. The van der Waals surface area contributed by atoms with Gasteiger partial charge in [-0.25, -0.2) is 0 Å². The van der Waals surface area contributed by atoms with Crippen LogP contribution >= 0.6 is 0 Å². The molecule has 0 aliphatic heterocycles. The van der Waals surface area contributed by atoms with Gasteiger partial charge in [0.05, 0.1) is 6.10 Å². The lowest BCUT2D eigenvalue weighted by atomic mass is 10.1. The standard InChI is InChI=1S/C12H27NO/c1-4-6-10-13-11-7-9-12(14-3)8-5-2/h12-13H,4-11H2,1-3H3/t12-/m1/s1. The highest BCUT2D eigenvalue weighted by Gasteiger charge is 2.04. The number of hydrogen-bond donors (Lipinski definition) is 1. The zero-order valence-electron chi connectivity index (χ0n) is 10.1. The summed E-state index contributed by atoms with van der Waals surface area (Å²) in [7, 11) is 1.82. The van der Waals surface area contributed by atoms with Crippen molar-refractivity contribution in [2.75, 3.05) is 20.2 Å². The molecule has 0 bridgehead atoms. The average molecular weight is 201 g/mol. The van der Waals surface area contributed by atoms with Crippen LogP contribution in [0.25, 0.3) is 0 Å². The van der Waals surface area contributed by atoms with E-state index in [2.05, 4.69) is 19.2 Å². The van der Waals surface area contributed by atoms with Crippen molar-refractivity contribution < 1.29 is 4.74 Å². The van der Waals surface area contributed by atoms with Crippen LogP contribution in [-0.2, 0) is 4.74 Å². The van der Waals surface area contributed by atoms with Gasteiger partial charge in [-0.2, -0.15) is 0 Å². The molecule has 0 saturated carbocycles. The molecule has 0 aromatic rings. The smallest absolute Gasteiger partial charge is 0.0571 e. The first-order valence-electron chi connectivity index (χ1n) is 6.08. The first kappa shape index (κ1) is 13.9. The SMILES string of the molecule is CCCCNCCC[C@@H](CCC)OC. The first-order chi connectivity index (χ1) is 6.85. The lowest BCUT2D eigenvalue weighted by Gasteiger charge is -2.14. The van der Waals surface area contributed by atoms with Crippen LogP contribution in [-0.4, -0.2) is 26.3 Å². The van der Waals surface area contributed by atoms with E-state index in [0.717, 1.165) is 6.54 Å². The third-order valence-electron chi connectivity index (χ3n) is 2.53. The molecule has 0 fully saturated rings. The van der Waals surface area contributed by atoms with Crippen LogP contribution in [0.5, 0.6) is 0 Å². The predicted molar refractivity (Wildman–Crippen MR) is 62.7 cm³/mol. The minimum absolute atomic E-state index is 0.480. The average Bonchev–Trinajstić information content (AvgIpc) is 2.21. The van der Waals surface area contributed by atoms with Crippen LogP contribution < -0.4 is 5.32 Å². The maximum Gasteiger partial charge on any atom is 0.0571 e. The van der Waals surface area contributed by atoms with E-state index in [1.54, 1.807) is 0 Å². The van der Waals surface area contributed by atoms with Crippen LogP contribution in [0.4, 0.5) is 0 Å². The highest BCUT2D eigenvalue weighted by Crippen LogP contribution is 2.07. The Bertz CT molecular complexity index is 106. The van der Waals surface area contributed by atoms with Gasteiger partial charge < -0.3 is 10.1 Å². The van der Waals surface area contributed by atoms with Crippen molar-refractivity contribution in [3.05, 3.63) is 0 Å². The lowest BCUT2D eigenvalue weighted by molar-refractivity contribution is 0.0856. The molecule has 1 atom stereocenters. The predicted octanol–water partition coefficient (Wildman–Crippen LogP) is 2.97. The summed E-state index contributed by atoms with van der Waals surface area (Å²) in [6, 6.07) is 0. The molecule has 0 rings (SSSR count). The highest BCUT2D eigenvalue weighted by molar-refractivity contribution is 4.58. The molecular weight excluding hydrogens is 174 g/mol. The molecule has 0 unspecified atom stereocenters. The van der Waals surface area contributed by atoms with Gasteiger partial charge in [0.2, 0.25) is 0 Å². The van der Waals surface area contributed by atoms with E-state index in [4.69, 9.17) is 4.74 Å². The summed E-state index contributed by atoms with van der Waals surface area (Å²) in [5.41, 5.74) is 0. The molecule has 0 radical (unpaired) electrons. The summed E-state index contributed by atoms with van der Waals surface area (Å²) < 4.78 is 5.39. The Morgan fingerprint density at radius 1 is 1.00 bits per heavy atom. The van der Waals surface area contributed by atoms with Crippen molar-refractivity contribution in [2.45, 2.75) is 58.5 Å². The lowest BCUT2D eigenvalue weighted by Crippen LogP contribution is -2.19. The van der Waals surface area contributed by atoms with Gasteiger partial charge in [-0.3, -0.25) is 0 Å². The molecule has 1 N–H and O–H groups in total. The van der Waals surface area contributed by atoms with E-state index in [0.29, 0.717) is 6.10 Å². The molecular formula is C12H27NO. The minimum atomic E-state index is 0.480. The van der Waals surface area contributed by atoms with Crippen LogP contribution in [0.3, 0.4) is 0 Å². The third kappa shape index (κ3) is 8.52. The molecule has 0 aromatic carbocycles. The molecule has 0 heterocycles. The zero-order chi connectivity index (χ0) is 10.6. The summed E-state index contributed by atoms with van der Waals surface area (Å²) in [4.78, 5) is 0. The van der Waals surface area contributed by atoms with E-state index in [9.17, 15) is 0 Å². The second-order valence-corrected chi connectivity index (χ2v) is 3.89. The van der Waals surface area contributed by atoms with E-state index in [-0.39, 0.29) is 0 Å². The summed E-state index contributed by atoms with van der Waals surface area (Å²) in [5, 5.41) is 3.45. The number of unbranched alkanes of at least 4 members (excludes halogenated alkanes) is 1. The molecule has 0 saturated heterocycles. The summed E-state index contributed by atoms with van der Waals surface area (Å²) in [6.45, 7) is 6.75. The molecule has 0 aliphatic carbocycles. The van der Waals surface area contributed by atoms with Gasteiger partial charge in [0.1, 0.15) is 0 Å². The number of nitrogens with one attached hydrogen (secondary N) is 1. The highest BCUT2D eigenvalue weighted by atomic mass is 16.5. The zero-order valence-corrected chi connectivity index (χ0v) is 10.1. The van der Waals surface area contributed by atoms with E-state index in [1.165, 1.54) is 45.1 Å².